The third-order valence-corrected chi connectivity index (χ3v) is 5.13. The molecule has 2 aromatic rings. The summed E-state index contributed by atoms with van der Waals surface area (Å²) in [5, 5.41) is 8.96. The average molecular weight is 417 g/mol. The number of amides is 1. The number of aromatic nitrogens is 1. The number of hydrogen-bond acceptors (Lipinski definition) is 5. The van der Waals surface area contributed by atoms with Gasteiger partial charge in [0.15, 0.2) is 5.13 Å². The van der Waals surface area contributed by atoms with Crippen LogP contribution in [0.5, 0.6) is 0 Å². The van der Waals surface area contributed by atoms with Gasteiger partial charge in [0.05, 0.1) is 5.69 Å². The van der Waals surface area contributed by atoms with Crippen molar-refractivity contribution in [2.45, 2.75) is 32.9 Å². The summed E-state index contributed by atoms with van der Waals surface area (Å²) in [4.78, 5) is 18.1. The fourth-order valence-electron chi connectivity index (χ4n) is 3.04. The number of nitrogens with zero attached hydrogens (tertiary/aromatic N) is 2. The van der Waals surface area contributed by atoms with Crippen LogP contribution in [0.1, 0.15) is 36.7 Å². The van der Waals surface area contributed by atoms with Crippen LogP contribution in [-0.4, -0.2) is 35.4 Å². The van der Waals surface area contributed by atoms with Gasteiger partial charge in [-0.15, -0.1) is 36.2 Å². The van der Waals surface area contributed by atoms with Crippen molar-refractivity contribution >= 4 is 47.2 Å². The smallest absolute Gasteiger partial charge is 0.223 e. The highest BCUT2D eigenvalue weighted by Gasteiger charge is 2.24. The molecule has 1 aliphatic heterocycles. The lowest BCUT2D eigenvalue weighted by Crippen LogP contribution is -2.45. The summed E-state index contributed by atoms with van der Waals surface area (Å²) in [6.45, 7) is 7.43. The van der Waals surface area contributed by atoms with Crippen LogP contribution in [0.3, 0.4) is 0 Å². The van der Waals surface area contributed by atoms with Gasteiger partial charge in [0, 0.05) is 44.5 Å². The van der Waals surface area contributed by atoms with Crippen molar-refractivity contribution in [2.24, 2.45) is 0 Å². The first-order valence-corrected chi connectivity index (χ1v) is 9.29. The van der Waals surface area contributed by atoms with E-state index in [-0.39, 0.29) is 30.7 Å². The molecule has 1 saturated heterocycles. The van der Waals surface area contributed by atoms with Gasteiger partial charge in [-0.25, -0.2) is 4.98 Å². The maximum absolute atomic E-state index is 11.1. The second-order valence-electron chi connectivity index (χ2n) is 6.11. The van der Waals surface area contributed by atoms with Gasteiger partial charge in [-0.1, -0.05) is 31.2 Å². The predicted octanol–water partition coefficient (Wildman–Crippen LogP) is 3.65. The van der Waals surface area contributed by atoms with Crippen molar-refractivity contribution in [3.63, 3.8) is 0 Å². The Balaban J connectivity index is 0.00000169. The molecule has 26 heavy (non-hydrogen) atoms. The van der Waals surface area contributed by atoms with E-state index < -0.39 is 0 Å². The Hall–Kier alpha value is -1.18. The number of anilines is 1. The molecule has 5 nitrogen and oxygen atoms in total. The van der Waals surface area contributed by atoms with Crippen molar-refractivity contribution in [2.75, 3.05) is 25.0 Å². The van der Waals surface area contributed by atoms with E-state index in [2.05, 4.69) is 51.7 Å². The molecule has 3 rings (SSSR count). The van der Waals surface area contributed by atoms with Crippen LogP contribution >= 0.6 is 36.2 Å². The zero-order valence-electron chi connectivity index (χ0n) is 15.0. The number of hydrogen-bond donors (Lipinski definition) is 2. The van der Waals surface area contributed by atoms with Crippen molar-refractivity contribution in [1.82, 2.24) is 15.2 Å². The third kappa shape index (κ3) is 5.93. The van der Waals surface area contributed by atoms with E-state index >= 15 is 0 Å². The Morgan fingerprint density at radius 1 is 1.35 bits per heavy atom. The molecule has 2 heterocycles. The van der Waals surface area contributed by atoms with E-state index in [4.69, 9.17) is 0 Å². The van der Waals surface area contributed by atoms with Crippen molar-refractivity contribution in [1.29, 1.82) is 0 Å². The zero-order valence-corrected chi connectivity index (χ0v) is 17.5. The minimum absolute atomic E-state index is 0. The lowest BCUT2D eigenvalue weighted by Gasteiger charge is -2.36. The van der Waals surface area contributed by atoms with E-state index in [0.29, 0.717) is 11.2 Å². The summed E-state index contributed by atoms with van der Waals surface area (Å²) >= 11 is 1.48. The third-order valence-electron chi connectivity index (χ3n) is 4.33. The Morgan fingerprint density at radius 3 is 2.73 bits per heavy atom. The zero-order chi connectivity index (χ0) is 16.9. The fraction of sp³-hybridized carbons (Fsp3) is 0.444. The Kier molecular flexibility index (Phi) is 9.54. The monoisotopic (exact) mass is 416 g/mol. The predicted molar refractivity (Wildman–Crippen MR) is 113 cm³/mol. The molecule has 0 bridgehead atoms. The molecule has 1 unspecified atom stereocenters. The summed E-state index contributed by atoms with van der Waals surface area (Å²) in [7, 11) is 0. The summed E-state index contributed by atoms with van der Waals surface area (Å²) in [5.74, 6) is -0.0769. The molecule has 1 aromatic heterocycles. The quantitative estimate of drug-likeness (QED) is 0.780. The second kappa shape index (κ2) is 10.8. The normalized spacial score (nSPS) is 17.1. The molecule has 8 heteroatoms. The van der Waals surface area contributed by atoms with Crippen LogP contribution in [0.4, 0.5) is 5.13 Å². The number of carbonyl (C=O) groups is 1. The van der Waals surface area contributed by atoms with E-state index in [1.165, 1.54) is 29.4 Å². The number of thiazole rings is 1. The van der Waals surface area contributed by atoms with Crippen molar-refractivity contribution in [3.05, 3.63) is 46.5 Å². The number of nitrogens with one attached hydrogen (secondary N) is 2. The van der Waals surface area contributed by atoms with E-state index in [9.17, 15) is 4.79 Å². The van der Waals surface area contributed by atoms with Gasteiger partial charge in [0.25, 0.3) is 0 Å². The van der Waals surface area contributed by atoms with Crippen molar-refractivity contribution < 1.29 is 4.79 Å². The van der Waals surface area contributed by atoms with Gasteiger partial charge in [0.2, 0.25) is 5.91 Å². The first-order valence-electron chi connectivity index (χ1n) is 8.41. The SMILES string of the molecule is CCc1ccc(C2CNCCN2Cc2csc(NC(C)=O)n2)cc1.Cl.Cl. The molecule has 1 fully saturated rings. The number of aryl methyl sites for hydroxylation is 1. The molecular weight excluding hydrogens is 391 g/mol. The lowest BCUT2D eigenvalue weighted by atomic mass is 10.0. The molecule has 0 spiro atoms. The molecule has 0 aliphatic carbocycles. The van der Waals surface area contributed by atoms with Gasteiger partial charge in [-0.2, -0.15) is 0 Å². The van der Waals surface area contributed by atoms with Crippen LogP contribution in [0.25, 0.3) is 0 Å². The maximum atomic E-state index is 11.1. The van der Waals surface area contributed by atoms with Gasteiger partial charge >= 0.3 is 0 Å². The number of piperazine rings is 1. The fourth-order valence-corrected chi connectivity index (χ4v) is 3.78. The first kappa shape index (κ1) is 22.9. The molecule has 2 N–H and O–H groups in total. The molecule has 1 aliphatic rings. The van der Waals surface area contributed by atoms with E-state index in [0.717, 1.165) is 38.3 Å². The maximum Gasteiger partial charge on any atom is 0.223 e. The Labute approximate surface area is 171 Å². The number of rotatable bonds is 5. The van der Waals surface area contributed by atoms with Gasteiger partial charge in [0.1, 0.15) is 0 Å². The van der Waals surface area contributed by atoms with Crippen LogP contribution in [0.2, 0.25) is 0 Å². The second-order valence-corrected chi connectivity index (χ2v) is 6.97. The molecule has 1 atom stereocenters. The van der Waals surface area contributed by atoms with Gasteiger partial charge in [-0.3, -0.25) is 9.69 Å². The number of benzene rings is 1. The minimum Gasteiger partial charge on any atom is -0.314 e. The molecular formula is C18H26Cl2N4OS. The number of carbonyl (C=O) groups excluding carboxylic acids is 1. The van der Waals surface area contributed by atoms with Crippen LogP contribution in [0.15, 0.2) is 29.6 Å². The summed E-state index contributed by atoms with van der Waals surface area (Å²) in [6, 6.07) is 9.29. The molecule has 1 amide bonds. The van der Waals surface area contributed by atoms with Gasteiger partial charge in [-0.05, 0) is 17.5 Å². The van der Waals surface area contributed by atoms with Crippen LogP contribution in [-0.2, 0) is 17.8 Å². The standard InChI is InChI=1S/C18H24N4OS.2ClH/c1-3-14-4-6-15(7-5-14)17-10-19-8-9-22(17)11-16-12-24-18(21-16)20-13(2)23;;/h4-7,12,17,19H,3,8-11H2,1-2H3,(H,20,21,23);2*1H. The van der Waals surface area contributed by atoms with Gasteiger partial charge < -0.3 is 10.6 Å². The highest BCUT2D eigenvalue weighted by Crippen LogP contribution is 2.26. The largest absolute Gasteiger partial charge is 0.314 e. The van der Waals surface area contributed by atoms with E-state index in [1.807, 2.05) is 5.38 Å². The highest BCUT2D eigenvalue weighted by molar-refractivity contribution is 7.13. The summed E-state index contributed by atoms with van der Waals surface area (Å²) in [5.41, 5.74) is 3.73. The molecule has 0 radical (unpaired) electrons. The van der Waals surface area contributed by atoms with E-state index in [1.54, 1.807) is 0 Å². The molecule has 144 valence electrons. The summed E-state index contributed by atoms with van der Waals surface area (Å²) < 4.78 is 0. The summed E-state index contributed by atoms with van der Waals surface area (Å²) in [6.07, 6.45) is 1.07. The molecule has 0 saturated carbocycles. The average Bonchev–Trinajstić information content (AvgIpc) is 3.02. The first-order chi connectivity index (χ1) is 11.7. The minimum atomic E-state index is -0.0769. The van der Waals surface area contributed by atoms with Crippen LogP contribution in [0, 0.1) is 0 Å². The molecule has 1 aromatic carbocycles. The number of halogens is 2. The Morgan fingerprint density at radius 2 is 2.08 bits per heavy atom. The van der Waals surface area contributed by atoms with Crippen molar-refractivity contribution in [3.8, 4) is 0 Å². The topological polar surface area (TPSA) is 57.3 Å². The highest BCUT2D eigenvalue weighted by atomic mass is 35.5. The Bertz CT molecular complexity index is 693. The van der Waals surface area contributed by atoms with Crippen LogP contribution < -0.4 is 10.6 Å². The lowest BCUT2D eigenvalue weighted by molar-refractivity contribution is -0.114.